The van der Waals surface area contributed by atoms with Crippen LogP contribution in [0.15, 0.2) is 18.3 Å². The Morgan fingerprint density at radius 2 is 2.11 bits per heavy atom. The number of carbonyl (C=O) groups is 1. The lowest BCUT2D eigenvalue weighted by molar-refractivity contribution is 0.0370. The number of hydrazine groups is 1. The lowest BCUT2D eigenvalue weighted by atomic mass is 10.00. The highest BCUT2D eigenvalue weighted by atomic mass is 16.2. The molecule has 0 saturated carbocycles. The summed E-state index contributed by atoms with van der Waals surface area (Å²) < 4.78 is 0. The molecule has 18 heavy (non-hydrogen) atoms. The zero-order valence-corrected chi connectivity index (χ0v) is 10.9. The van der Waals surface area contributed by atoms with E-state index in [1.165, 1.54) is 6.42 Å². The molecule has 1 amide bonds. The number of anilines is 1. The summed E-state index contributed by atoms with van der Waals surface area (Å²) in [6, 6.07) is 4.12. The molecule has 1 aromatic heterocycles. The summed E-state index contributed by atoms with van der Waals surface area (Å²) >= 11 is 0. The van der Waals surface area contributed by atoms with Crippen molar-refractivity contribution in [3.63, 3.8) is 0 Å². The van der Waals surface area contributed by atoms with Crippen molar-refractivity contribution in [2.24, 2.45) is 0 Å². The van der Waals surface area contributed by atoms with Gasteiger partial charge in [-0.1, -0.05) is 6.42 Å². The quantitative estimate of drug-likeness (QED) is 0.833. The van der Waals surface area contributed by atoms with Crippen LogP contribution in [0.25, 0.3) is 0 Å². The molecule has 98 valence electrons. The summed E-state index contributed by atoms with van der Waals surface area (Å²) in [7, 11) is 0. The molecule has 0 aromatic carbocycles. The molecule has 5 heteroatoms. The average molecular weight is 248 g/mol. The van der Waals surface area contributed by atoms with Gasteiger partial charge >= 0.3 is 0 Å². The molecule has 1 aliphatic rings. The van der Waals surface area contributed by atoms with Gasteiger partial charge in [0.2, 0.25) is 0 Å². The van der Waals surface area contributed by atoms with Crippen LogP contribution in [0, 0.1) is 0 Å². The largest absolute Gasteiger partial charge is 0.383 e. The third-order valence-corrected chi connectivity index (χ3v) is 3.51. The fourth-order valence-electron chi connectivity index (χ4n) is 2.43. The highest BCUT2D eigenvalue weighted by Gasteiger charge is 2.26. The van der Waals surface area contributed by atoms with Crippen molar-refractivity contribution in [1.82, 2.24) is 15.4 Å². The Hall–Kier alpha value is -1.62. The van der Waals surface area contributed by atoms with Crippen molar-refractivity contribution in [1.29, 1.82) is 0 Å². The molecule has 5 nitrogen and oxygen atoms in total. The highest BCUT2D eigenvalue weighted by molar-refractivity contribution is 5.97. The molecule has 2 atom stereocenters. The lowest BCUT2D eigenvalue weighted by Crippen LogP contribution is -2.54. The molecule has 0 spiro atoms. The maximum absolute atomic E-state index is 12.2. The predicted octanol–water partition coefficient (Wildman–Crippen LogP) is 1.57. The number of pyridine rings is 1. The summed E-state index contributed by atoms with van der Waals surface area (Å²) in [4.78, 5) is 16.1. The second-order valence-electron chi connectivity index (χ2n) is 4.91. The van der Waals surface area contributed by atoms with E-state index in [0.29, 0.717) is 17.6 Å². The Morgan fingerprint density at radius 3 is 2.72 bits per heavy atom. The number of rotatable bonds is 2. The van der Waals surface area contributed by atoms with Gasteiger partial charge in [-0.15, -0.1) is 0 Å². The van der Waals surface area contributed by atoms with Crippen molar-refractivity contribution >= 4 is 11.7 Å². The Kier molecular flexibility index (Phi) is 3.81. The number of hydrogen-bond donors (Lipinski definition) is 2. The second-order valence-corrected chi connectivity index (χ2v) is 4.91. The van der Waals surface area contributed by atoms with E-state index >= 15 is 0 Å². The number of piperidine rings is 1. The topological polar surface area (TPSA) is 71.2 Å². The van der Waals surface area contributed by atoms with Crippen LogP contribution in [-0.4, -0.2) is 28.0 Å². The Bertz CT molecular complexity index is 425. The highest BCUT2D eigenvalue weighted by Crippen LogP contribution is 2.20. The van der Waals surface area contributed by atoms with Crippen LogP contribution in [0.2, 0.25) is 0 Å². The number of amides is 1. The first kappa shape index (κ1) is 12.8. The fourth-order valence-corrected chi connectivity index (χ4v) is 2.43. The van der Waals surface area contributed by atoms with Crippen molar-refractivity contribution in [2.75, 3.05) is 5.73 Å². The van der Waals surface area contributed by atoms with Gasteiger partial charge in [-0.2, -0.15) is 0 Å². The van der Waals surface area contributed by atoms with Crippen LogP contribution in [0.3, 0.4) is 0 Å². The SMILES string of the molecule is CC1CCCC(C)N1NC(=O)c1cccnc1N. The molecule has 2 heterocycles. The van der Waals surface area contributed by atoms with Gasteiger partial charge in [-0.05, 0) is 38.8 Å². The van der Waals surface area contributed by atoms with Gasteiger partial charge in [0, 0.05) is 18.3 Å². The molecule has 3 N–H and O–H groups in total. The lowest BCUT2D eigenvalue weighted by Gasteiger charge is -2.38. The van der Waals surface area contributed by atoms with E-state index in [1.54, 1.807) is 18.3 Å². The maximum atomic E-state index is 12.2. The minimum atomic E-state index is -0.179. The summed E-state index contributed by atoms with van der Waals surface area (Å²) in [5.41, 5.74) is 9.09. The first-order valence-electron chi connectivity index (χ1n) is 6.39. The van der Waals surface area contributed by atoms with E-state index in [2.05, 4.69) is 24.3 Å². The second kappa shape index (κ2) is 5.35. The molecule has 0 radical (unpaired) electrons. The van der Waals surface area contributed by atoms with Crippen molar-refractivity contribution in [3.8, 4) is 0 Å². The number of nitrogens with two attached hydrogens (primary N) is 1. The molecule has 1 aromatic rings. The molecule has 2 rings (SSSR count). The number of nitrogens with one attached hydrogen (secondary N) is 1. The van der Waals surface area contributed by atoms with Crippen molar-refractivity contribution in [3.05, 3.63) is 23.9 Å². The first-order chi connectivity index (χ1) is 8.59. The molecule has 1 aliphatic heterocycles. The first-order valence-corrected chi connectivity index (χ1v) is 6.39. The van der Waals surface area contributed by atoms with Crippen LogP contribution in [0.1, 0.15) is 43.5 Å². The summed E-state index contributed by atoms with van der Waals surface area (Å²) in [6.07, 6.45) is 5.00. The number of nitrogens with zero attached hydrogens (tertiary/aromatic N) is 2. The monoisotopic (exact) mass is 248 g/mol. The van der Waals surface area contributed by atoms with E-state index in [1.807, 2.05) is 5.01 Å². The van der Waals surface area contributed by atoms with Crippen molar-refractivity contribution in [2.45, 2.75) is 45.2 Å². The van der Waals surface area contributed by atoms with E-state index in [9.17, 15) is 4.79 Å². The summed E-state index contributed by atoms with van der Waals surface area (Å²) in [5, 5.41) is 2.03. The van der Waals surface area contributed by atoms with Crippen LogP contribution in [-0.2, 0) is 0 Å². The van der Waals surface area contributed by atoms with Gasteiger partial charge in [-0.3, -0.25) is 10.2 Å². The summed E-state index contributed by atoms with van der Waals surface area (Å²) in [6.45, 7) is 4.26. The van der Waals surface area contributed by atoms with Gasteiger partial charge in [0.25, 0.3) is 5.91 Å². The molecule has 0 aliphatic carbocycles. The predicted molar refractivity (Wildman–Crippen MR) is 70.7 cm³/mol. The van der Waals surface area contributed by atoms with E-state index in [0.717, 1.165) is 12.8 Å². The molecular formula is C13H20N4O. The van der Waals surface area contributed by atoms with Crippen LogP contribution >= 0.6 is 0 Å². The molecule has 1 saturated heterocycles. The Morgan fingerprint density at radius 1 is 1.44 bits per heavy atom. The number of carbonyl (C=O) groups excluding carboxylic acids is 1. The van der Waals surface area contributed by atoms with Gasteiger partial charge in [-0.25, -0.2) is 9.99 Å². The van der Waals surface area contributed by atoms with E-state index in [4.69, 9.17) is 5.73 Å². The smallest absolute Gasteiger partial charge is 0.269 e. The number of aromatic nitrogens is 1. The fraction of sp³-hybridized carbons (Fsp3) is 0.538. The van der Waals surface area contributed by atoms with Gasteiger partial charge in [0.15, 0.2) is 0 Å². The minimum Gasteiger partial charge on any atom is -0.383 e. The summed E-state index contributed by atoms with van der Waals surface area (Å²) in [5.74, 6) is 0.0912. The van der Waals surface area contributed by atoms with E-state index < -0.39 is 0 Å². The zero-order valence-electron chi connectivity index (χ0n) is 10.9. The van der Waals surface area contributed by atoms with Crippen LogP contribution in [0.4, 0.5) is 5.82 Å². The molecular weight excluding hydrogens is 228 g/mol. The maximum Gasteiger partial charge on any atom is 0.269 e. The third-order valence-electron chi connectivity index (χ3n) is 3.51. The Labute approximate surface area is 107 Å². The third kappa shape index (κ3) is 2.61. The minimum absolute atomic E-state index is 0.179. The Balaban J connectivity index is 2.09. The zero-order chi connectivity index (χ0) is 13.1. The standard InChI is InChI=1S/C13H20N4O/c1-9-5-3-6-10(2)17(9)16-13(18)11-7-4-8-15-12(11)14/h4,7-10H,3,5-6H2,1-2H3,(H2,14,15)(H,16,18). The van der Waals surface area contributed by atoms with Crippen molar-refractivity contribution < 1.29 is 4.79 Å². The molecule has 1 fully saturated rings. The number of hydrogen-bond acceptors (Lipinski definition) is 4. The molecule has 0 bridgehead atoms. The van der Waals surface area contributed by atoms with Crippen LogP contribution < -0.4 is 11.2 Å². The van der Waals surface area contributed by atoms with Crippen LogP contribution in [0.5, 0.6) is 0 Å². The van der Waals surface area contributed by atoms with Gasteiger partial charge in [0.05, 0.1) is 5.56 Å². The normalized spacial score (nSPS) is 24.8. The number of nitrogen functional groups attached to an aromatic ring is 1. The van der Waals surface area contributed by atoms with Gasteiger partial charge in [0.1, 0.15) is 5.82 Å². The van der Waals surface area contributed by atoms with Gasteiger partial charge < -0.3 is 5.73 Å². The van der Waals surface area contributed by atoms with E-state index in [-0.39, 0.29) is 11.7 Å². The average Bonchev–Trinajstić information content (AvgIpc) is 2.34. The molecule has 2 unspecified atom stereocenters.